The van der Waals surface area contributed by atoms with Crippen LogP contribution in [0.15, 0.2) is 24.5 Å². The van der Waals surface area contributed by atoms with Gasteiger partial charge in [0.1, 0.15) is 24.2 Å². The molecule has 2 aromatic rings. The number of nitrogens with zero attached hydrogens (tertiary/aromatic N) is 3. The number of anilines is 1. The van der Waals surface area contributed by atoms with E-state index in [4.69, 9.17) is 15.2 Å². The summed E-state index contributed by atoms with van der Waals surface area (Å²) >= 11 is 0. The molecule has 0 amide bonds. The summed E-state index contributed by atoms with van der Waals surface area (Å²) in [6.45, 7) is 3.04. The normalized spacial score (nSPS) is 10.4. The fourth-order valence-corrected chi connectivity index (χ4v) is 1.88. The number of methoxy groups -OCH3 is 1. The molecule has 21 heavy (non-hydrogen) atoms. The quantitative estimate of drug-likeness (QED) is 0.642. The Bertz CT molecular complexity index is 624. The summed E-state index contributed by atoms with van der Waals surface area (Å²) in [4.78, 5) is 15.9. The smallest absolute Gasteiger partial charge is 0.341 e. The van der Waals surface area contributed by atoms with Gasteiger partial charge in [0.2, 0.25) is 0 Å². The lowest BCUT2D eigenvalue weighted by Gasteiger charge is -2.11. The molecule has 2 N–H and O–H groups in total. The average molecular weight is 290 g/mol. The van der Waals surface area contributed by atoms with E-state index in [1.165, 1.54) is 19.5 Å². The Morgan fingerprint density at radius 3 is 2.95 bits per heavy atom. The van der Waals surface area contributed by atoms with Gasteiger partial charge >= 0.3 is 5.97 Å². The van der Waals surface area contributed by atoms with Crippen LogP contribution >= 0.6 is 0 Å². The van der Waals surface area contributed by atoms with Crippen molar-refractivity contribution in [2.24, 2.45) is 0 Å². The van der Waals surface area contributed by atoms with Gasteiger partial charge in [0.15, 0.2) is 5.82 Å². The van der Waals surface area contributed by atoms with Crippen LogP contribution in [-0.2, 0) is 17.9 Å². The third-order valence-corrected chi connectivity index (χ3v) is 2.90. The number of aromatic nitrogens is 3. The van der Waals surface area contributed by atoms with Gasteiger partial charge in [-0.2, -0.15) is 5.10 Å². The summed E-state index contributed by atoms with van der Waals surface area (Å²) < 4.78 is 12.2. The van der Waals surface area contributed by atoms with E-state index in [-0.39, 0.29) is 6.61 Å². The van der Waals surface area contributed by atoms with E-state index in [0.717, 1.165) is 13.0 Å². The molecule has 0 spiro atoms. The highest BCUT2D eigenvalue weighted by molar-refractivity contribution is 5.93. The van der Waals surface area contributed by atoms with Crippen LogP contribution in [0.2, 0.25) is 0 Å². The summed E-state index contributed by atoms with van der Waals surface area (Å²) in [5.41, 5.74) is 6.44. The molecule has 112 valence electrons. The maximum Gasteiger partial charge on any atom is 0.341 e. The van der Waals surface area contributed by atoms with Gasteiger partial charge in [-0.15, -0.1) is 0 Å². The summed E-state index contributed by atoms with van der Waals surface area (Å²) in [5, 5.41) is 4.12. The van der Waals surface area contributed by atoms with Crippen molar-refractivity contribution in [3.05, 3.63) is 35.9 Å². The van der Waals surface area contributed by atoms with E-state index >= 15 is 0 Å². The number of carbonyl (C=O) groups excluding carboxylic acids is 1. The average Bonchev–Trinajstić information content (AvgIpc) is 2.93. The van der Waals surface area contributed by atoms with E-state index < -0.39 is 5.97 Å². The second-order valence-corrected chi connectivity index (χ2v) is 4.44. The Hall–Kier alpha value is -2.57. The standard InChI is InChI=1S/C14H18N4O3/c1-3-6-18-13(16-9-17-18)8-21-12-5-4-10(15)7-11(12)14(19)20-2/h4-5,7,9H,3,6,8,15H2,1-2H3. The van der Waals surface area contributed by atoms with E-state index in [9.17, 15) is 4.79 Å². The van der Waals surface area contributed by atoms with Crippen molar-refractivity contribution in [2.75, 3.05) is 12.8 Å². The van der Waals surface area contributed by atoms with Gasteiger partial charge in [-0.1, -0.05) is 6.92 Å². The first-order valence-corrected chi connectivity index (χ1v) is 6.63. The number of carbonyl (C=O) groups is 1. The molecular formula is C14H18N4O3. The van der Waals surface area contributed by atoms with Crippen molar-refractivity contribution < 1.29 is 14.3 Å². The summed E-state index contributed by atoms with van der Waals surface area (Å²) in [7, 11) is 1.31. The number of nitrogen functional groups attached to an aromatic ring is 1. The lowest BCUT2D eigenvalue weighted by molar-refractivity contribution is 0.0595. The van der Waals surface area contributed by atoms with Gasteiger partial charge in [0, 0.05) is 12.2 Å². The number of hydrogen-bond donors (Lipinski definition) is 1. The van der Waals surface area contributed by atoms with Gasteiger partial charge in [0.25, 0.3) is 0 Å². The zero-order chi connectivity index (χ0) is 15.2. The molecule has 0 saturated heterocycles. The van der Waals surface area contributed by atoms with Gasteiger partial charge < -0.3 is 15.2 Å². The van der Waals surface area contributed by atoms with Crippen LogP contribution in [-0.4, -0.2) is 27.8 Å². The Balaban J connectivity index is 2.16. The van der Waals surface area contributed by atoms with Gasteiger partial charge in [-0.25, -0.2) is 14.5 Å². The lowest BCUT2D eigenvalue weighted by Crippen LogP contribution is -2.11. The van der Waals surface area contributed by atoms with Crippen molar-refractivity contribution >= 4 is 11.7 Å². The molecule has 0 bridgehead atoms. The molecule has 0 unspecified atom stereocenters. The molecule has 1 aromatic carbocycles. The first-order chi connectivity index (χ1) is 10.2. The highest BCUT2D eigenvalue weighted by atomic mass is 16.5. The van der Waals surface area contributed by atoms with Crippen molar-refractivity contribution in [3.63, 3.8) is 0 Å². The summed E-state index contributed by atoms with van der Waals surface area (Å²) in [6.07, 6.45) is 2.43. The Kier molecular flexibility index (Phi) is 4.76. The zero-order valence-electron chi connectivity index (χ0n) is 12.1. The van der Waals surface area contributed by atoms with Crippen LogP contribution in [0.5, 0.6) is 5.75 Å². The molecule has 0 aliphatic carbocycles. The third kappa shape index (κ3) is 3.50. The Morgan fingerprint density at radius 1 is 1.43 bits per heavy atom. The molecule has 0 radical (unpaired) electrons. The predicted molar refractivity (Wildman–Crippen MR) is 76.8 cm³/mol. The molecule has 2 rings (SSSR count). The predicted octanol–water partition coefficient (Wildman–Crippen LogP) is 1.64. The molecule has 7 heteroatoms. The van der Waals surface area contributed by atoms with Crippen molar-refractivity contribution in [1.82, 2.24) is 14.8 Å². The molecule has 1 heterocycles. The van der Waals surface area contributed by atoms with Crippen LogP contribution in [0.3, 0.4) is 0 Å². The summed E-state index contributed by atoms with van der Waals surface area (Å²) in [5.74, 6) is 0.610. The minimum Gasteiger partial charge on any atom is -0.485 e. The van der Waals surface area contributed by atoms with Gasteiger partial charge in [-0.05, 0) is 24.6 Å². The van der Waals surface area contributed by atoms with Crippen molar-refractivity contribution in [1.29, 1.82) is 0 Å². The molecule has 0 aliphatic heterocycles. The molecule has 7 nitrogen and oxygen atoms in total. The fourth-order valence-electron chi connectivity index (χ4n) is 1.88. The second-order valence-electron chi connectivity index (χ2n) is 4.44. The van der Waals surface area contributed by atoms with E-state index in [2.05, 4.69) is 17.0 Å². The van der Waals surface area contributed by atoms with Crippen LogP contribution in [0.1, 0.15) is 29.5 Å². The number of hydrogen-bond acceptors (Lipinski definition) is 6. The van der Waals surface area contributed by atoms with E-state index in [1.54, 1.807) is 16.8 Å². The number of esters is 1. The first kappa shape index (κ1) is 14.8. The number of benzene rings is 1. The highest BCUT2D eigenvalue weighted by Crippen LogP contribution is 2.23. The SMILES string of the molecule is CCCn1ncnc1COc1ccc(N)cc1C(=O)OC. The van der Waals surface area contributed by atoms with E-state index in [1.807, 2.05) is 0 Å². The molecule has 0 fully saturated rings. The Morgan fingerprint density at radius 2 is 2.24 bits per heavy atom. The fraction of sp³-hybridized carbons (Fsp3) is 0.357. The largest absolute Gasteiger partial charge is 0.485 e. The third-order valence-electron chi connectivity index (χ3n) is 2.90. The maximum absolute atomic E-state index is 11.7. The summed E-state index contributed by atoms with van der Waals surface area (Å²) in [6, 6.07) is 4.83. The molecule has 0 aliphatic rings. The molecular weight excluding hydrogens is 272 g/mol. The minimum absolute atomic E-state index is 0.216. The van der Waals surface area contributed by atoms with Gasteiger partial charge in [-0.3, -0.25) is 0 Å². The van der Waals surface area contributed by atoms with Crippen LogP contribution in [0, 0.1) is 0 Å². The highest BCUT2D eigenvalue weighted by Gasteiger charge is 2.14. The second kappa shape index (κ2) is 6.74. The minimum atomic E-state index is -0.493. The maximum atomic E-state index is 11.7. The van der Waals surface area contributed by atoms with Crippen molar-refractivity contribution in [2.45, 2.75) is 26.5 Å². The number of nitrogens with two attached hydrogens (primary N) is 1. The lowest BCUT2D eigenvalue weighted by atomic mass is 10.2. The monoisotopic (exact) mass is 290 g/mol. The molecule has 0 saturated carbocycles. The topological polar surface area (TPSA) is 92.3 Å². The zero-order valence-corrected chi connectivity index (χ0v) is 12.1. The number of aryl methyl sites for hydroxylation is 1. The van der Waals surface area contributed by atoms with Crippen LogP contribution in [0.25, 0.3) is 0 Å². The molecule has 0 atom stereocenters. The van der Waals surface area contributed by atoms with Crippen LogP contribution < -0.4 is 10.5 Å². The van der Waals surface area contributed by atoms with Crippen LogP contribution in [0.4, 0.5) is 5.69 Å². The number of rotatable bonds is 6. The van der Waals surface area contributed by atoms with Gasteiger partial charge in [0.05, 0.1) is 7.11 Å². The van der Waals surface area contributed by atoms with Crippen molar-refractivity contribution in [3.8, 4) is 5.75 Å². The first-order valence-electron chi connectivity index (χ1n) is 6.63. The number of ether oxygens (including phenoxy) is 2. The Labute approximate surface area is 122 Å². The molecule has 1 aromatic heterocycles. The van der Waals surface area contributed by atoms with E-state index in [0.29, 0.717) is 22.8 Å².